The molecule has 2 aromatic carbocycles. The molecule has 2 aromatic rings. The average Bonchev–Trinajstić information content (AvgIpc) is 2.67. The van der Waals surface area contributed by atoms with Crippen LogP contribution in [0.1, 0.15) is 36.2 Å². The van der Waals surface area contributed by atoms with E-state index in [1.54, 1.807) is 24.3 Å². The van der Waals surface area contributed by atoms with Crippen LogP contribution in [-0.2, 0) is 11.2 Å². The molecule has 1 heterocycles. The van der Waals surface area contributed by atoms with Gasteiger partial charge in [-0.25, -0.2) is 4.79 Å². The third kappa shape index (κ3) is 5.34. The van der Waals surface area contributed by atoms with Crippen LogP contribution in [-0.4, -0.2) is 37.0 Å². The van der Waals surface area contributed by atoms with Crippen molar-refractivity contribution < 1.29 is 14.4 Å². The molecule has 152 valence electrons. The van der Waals surface area contributed by atoms with Gasteiger partial charge in [-0.1, -0.05) is 24.3 Å². The summed E-state index contributed by atoms with van der Waals surface area (Å²) in [7, 11) is 0. The van der Waals surface area contributed by atoms with E-state index in [1.165, 1.54) is 0 Å². The Morgan fingerprint density at radius 1 is 1.03 bits per heavy atom. The molecule has 4 amide bonds. The highest BCUT2D eigenvalue weighted by Gasteiger charge is 2.24. The van der Waals surface area contributed by atoms with E-state index in [4.69, 9.17) is 0 Å². The Kier molecular flexibility index (Phi) is 6.49. The van der Waals surface area contributed by atoms with E-state index in [-0.39, 0.29) is 18.5 Å². The standard InChI is InChI=1S/C22H26N4O3/c1-15(2)23-21(28)18-10-6-12-19-17(18)11-7-13-26(19)14-20(27)25-22(29)24-16-8-4-3-5-9-16/h3-6,8-10,12,15H,7,11,13-14H2,1-2H3,(H,23,28)(H2,24,25,27,29). The van der Waals surface area contributed by atoms with Crippen molar-refractivity contribution in [2.24, 2.45) is 0 Å². The SMILES string of the molecule is CC(C)NC(=O)c1cccc2c1CCCN2CC(=O)NC(=O)Nc1ccccc1. The lowest BCUT2D eigenvalue weighted by Gasteiger charge is -2.31. The van der Waals surface area contributed by atoms with Gasteiger partial charge >= 0.3 is 6.03 Å². The molecule has 3 rings (SSSR count). The van der Waals surface area contributed by atoms with Crippen LogP contribution in [0.25, 0.3) is 0 Å². The average molecular weight is 394 g/mol. The summed E-state index contributed by atoms with van der Waals surface area (Å²) in [6, 6.07) is 14.0. The van der Waals surface area contributed by atoms with Crippen molar-refractivity contribution in [2.45, 2.75) is 32.7 Å². The quantitative estimate of drug-likeness (QED) is 0.727. The zero-order chi connectivity index (χ0) is 20.8. The Labute approximate surface area is 170 Å². The lowest BCUT2D eigenvalue weighted by Crippen LogP contribution is -2.43. The summed E-state index contributed by atoms with van der Waals surface area (Å²) in [4.78, 5) is 38.9. The zero-order valence-electron chi connectivity index (χ0n) is 16.7. The minimum Gasteiger partial charge on any atom is -0.362 e. The number of nitrogens with zero attached hydrogens (tertiary/aromatic N) is 1. The number of benzene rings is 2. The second-order valence-electron chi connectivity index (χ2n) is 7.32. The number of carbonyl (C=O) groups excluding carboxylic acids is 3. The van der Waals surface area contributed by atoms with Crippen LogP contribution in [0.5, 0.6) is 0 Å². The Morgan fingerprint density at radius 3 is 2.52 bits per heavy atom. The number of imide groups is 1. The molecule has 0 spiro atoms. The fourth-order valence-electron chi connectivity index (χ4n) is 3.44. The predicted molar refractivity (Wildman–Crippen MR) is 113 cm³/mol. The smallest absolute Gasteiger partial charge is 0.325 e. The van der Waals surface area contributed by atoms with Crippen LogP contribution in [0, 0.1) is 0 Å². The molecule has 0 radical (unpaired) electrons. The van der Waals surface area contributed by atoms with Crippen molar-refractivity contribution in [2.75, 3.05) is 23.3 Å². The summed E-state index contributed by atoms with van der Waals surface area (Å²) in [6.45, 7) is 4.58. The summed E-state index contributed by atoms with van der Waals surface area (Å²) >= 11 is 0. The minimum absolute atomic E-state index is 0.0461. The summed E-state index contributed by atoms with van der Waals surface area (Å²) in [5.41, 5.74) is 3.06. The molecule has 0 fully saturated rings. The van der Waals surface area contributed by atoms with Crippen molar-refractivity contribution in [3.05, 3.63) is 59.7 Å². The fourth-order valence-corrected chi connectivity index (χ4v) is 3.44. The number of fused-ring (bicyclic) bond motifs is 1. The van der Waals surface area contributed by atoms with E-state index < -0.39 is 11.9 Å². The number of anilines is 2. The second kappa shape index (κ2) is 9.23. The van der Waals surface area contributed by atoms with Gasteiger partial charge in [-0.2, -0.15) is 0 Å². The Balaban J connectivity index is 1.66. The number of urea groups is 1. The van der Waals surface area contributed by atoms with Gasteiger partial charge in [-0.3, -0.25) is 14.9 Å². The molecule has 0 saturated heterocycles. The largest absolute Gasteiger partial charge is 0.362 e. The van der Waals surface area contributed by atoms with Crippen molar-refractivity contribution in [1.29, 1.82) is 0 Å². The molecular formula is C22H26N4O3. The Morgan fingerprint density at radius 2 is 1.79 bits per heavy atom. The van der Waals surface area contributed by atoms with E-state index in [9.17, 15) is 14.4 Å². The van der Waals surface area contributed by atoms with Crippen molar-refractivity contribution >= 4 is 29.2 Å². The molecule has 1 aliphatic heterocycles. The van der Waals surface area contributed by atoms with Gasteiger partial charge in [0.05, 0.1) is 6.54 Å². The van der Waals surface area contributed by atoms with E-state index in [2.05, 4.69) is 16.0 Å². The molecule has 0 atom stereocenters. The molecular weight excluding hydrogens is 368 g/mol. The number of para-hydroxylation sites is 1. The Bertz CT molecular complexity index is 896. The normalized spacial score (nSPS) is 12.9. The lowest BCUT2D eigenvalue weighted by atomic mass is 9.95. The number of amides is 4. The van der Waals surface area contributed by atoms with Crippen molar-refractivity contribution in [3.8, 4) is 0 Å². The van der Waals surface area contributed by atoms with E-state index in [0.717, 1.165) is 24.1 Å². The predicted octanol–water partition coefficient (Wildman–Crippen LogP) is 2.93. The summed E-state index contributed by atoms with van der Waals surface area (Å²) < 4.78 is 0. The van der Waals surface area contributed by atoms with Gasteiger partial charge in [0.15, 0.2) is 0 Å². The highest BCUT2D eigenvalue weighted by atomic mass is 16.2. The van der Waals surface area contributed by atoms with Crippen LogP contribution in [0.2, 0.25) is 0 Å². The number of hydrogen-bond donors (Lipinski definition) is 3. The van der Waals surface area contributed by atoms with Crippen LogP contribution in [0.4, 0.5) is 16.2 Å². The highest BCUT2D eigenvalue weighted by Crippen LogP contribution is 2.29. The molecule has 1 aliphatic rings. The maximum absolute atomic E-state index is 12.5. The molecule has 0 unspecified atom stereocenters. The maximum Gasteiger partial charge on any atom is 0.325 e. The second-order valence-corrected chi connectivity index (χ2v) is 7.32. The maximum atomic E-state index is 12.5. The molecule has 3 N–H and O–H groups in total. The molecule has 0 bridgehead atoms. The zero-order valence-corrected chi connectivity index (χ0v) is 16.7. The van der Waals surface area contributed by atoms with Crippen LogP contribution < -0.4 is 20.9 Å². The summed E-state index contributed by atoms with van der Waals surface area (Å²) in [5.74, 6) is -0.506. The Hall–Kier alpha value is -3.35. The summed E-state index contributed by atoms with van der Waals surface area (Å²) in [5, 5.41) is 7.91. The van der Waals surface area contributed by atoms with Gasteiger partial charge < -0.3 is 15.5 Å². The molecule has 0 saturated carbocycles. The highest BCUT2D eigenvalue weighted by molar-refractivity contribution is 6.03. The van der Waals surface area contributed by atoms with E-state index in [0.29, 0.717) is 17.8 Å². The molecule has 0 aromatic heterocycles. The third-order valence-electron chi connectivity index (χ3n) is 4.63. The van der Waals surface area contributed by atoms with Gasteiger partial charge in [-0.15, -0.1) is 0 Å². The van der Waals surface area contributed by atoms with Crippen molar-refractivity contribution in [3.63, 3.8) is 0 Å². The minimum atomic E-state index is -0.566. The van der Waals surface area contributed by atoms with Crippen molar-refractivity contribution in [1.82, 2.24) is 10.6 Å². The molecule has 0 aliphatic carbocycles. The van der Waals surface area contributed by atoms with Gasteiger partial charge in [0.1, 0.15) is 0 Å². The van der Waals surface area contributed by atoms with Crippen LogP contribution >= 0.6 is 0 Å². The molecule has 29 heavy (non-hydrogen) atoms. The fraction of sp³-hybridized carbons (Fsp3) is 0.318. The van der Waals surface area contributed by atoms with Gasteiger partial charge in [0, 0.05) is 29.5 Å². The van der Waals surface area contributed by atoms with E-state index in [1.807, 2.05) is 43.0 Å². The van der Waals surface area contributed by atoms with Crippen LogP contribution in [0.3, 0.4) is 0 Å². The summed E-state index contributed by atoms with van der Waals surface area (Å²) in [6.07, 6.45) is 1.62. The van der Waals surface area contributed by atoms with Crippen LogP contribution in [0.15, 0.2) is 48.5 Å². The first-order chi connectivity index (χ1) is 13.9. The number of carbonyl (C=O) groups is 3. The number of rotatable bonds is 5. The number of nitrogens with one attached hydrogen (secondary N) is 3. The van der Waals surface area contributed by atoms with E-state index >= 15 is 0 Å². The topological polar surface area (TPSA) is 90.5 Å². The third-order valence-corrected chi connectivity index (χ3v) is 4.63. The first kappa shape index (κ1) is 20.4. The first-order valence-corrected chi connectivity index (χ1v) is 9.77. The monoisotopic (exact) mass is 394 g/mol. The lowest BCUT2D eigenvalue weighted by molar-refractivity contribution is -0.118. The van der Waals surface area contributed by atoms with Gasteiger partial charge in [0.2, 0.25) is 5.91 Å². The molecule has 7 heteroatoms. The number of hydrogen-bond acceptors (Lipinski definition) is 4. The first-order valence-electron chi connectivity index (χ1n) is 9.77. The molecule has 7 nitrogen and oxygen atoms in total. The van der Waals surface area contributed by atoms with Gasteiger partial charge in [-0.05, 0) is 56.5 Å². The van der Waals surface area contributed by atoms with Gasteiger partial charge in [0.25, 0.3) is 5.91 Å².